The minimum atomic E-state index is -3.68. The maximum atomic E-state index is 13.6. The molecule has 0 unspecified atom stereocenters. The number of hydrogen-bond acceptors (Lipinski definition) is 4. The summed E-state index contributed by atoms with van der Waals surface area (Å²) in [5.41, 5.74) is -0.214. The molecule has 0 spiro atoms. The van der Waals surface area contributed by atoms with Crippen molar-refractivity contribution in [1.29, 1.82) is 0 Å². The summed E-state index contributed by atoms with van der Waals surface area (Å²) >= 11 is 0. The minimum absolute atomic E-state index is 0.0837. The van der Waals surface area contributed by atoms with Gasteiger partial charge in [-0.2, -0.15) is 0 Å². The smallest absolute Gasteiger partial charge is 0.308 e. The third kappa shape index (κ3) is 4.41. The fraction of sp³-hybridized carbons (Fsp3) is 0.429. The fourth-order valence-electron chi connectivity index (χ4n) is 2.48. The average Bonchev–Trinajstić information content (AvgIpc) is 2.47. The van der Waals surface area contributed by atoms with Crippen LogP contribution in [-0.2, 0) is 14.8 Å². The zero-order valence-electron chi connectivity index (χ0n) is 12.5. The van der Waals surface area contributed by atoms with Crippen LogP contribution in [0.1, 0.15) is 23.2 Å². The quantitative estimate of drug-likeness (QED) is 0.852. The molecule has 0 aromatic heterocycles. The summed E-state index contributed by atoms with van der Waals surface area (Å²) in [6.07, 6.45) is 1.95. The van der Waals surface area contributed by atoms with E-state index >= 15 is 0 Å². The van der Waals surface area contributed by atoms with Gasteiger partial charge >= 0.3 is 5.97 Å². The number of hydrogen-bond donors (Lipinski definition) is 2. The molecule has 1 aromatic carbocycles. The zero-order valence-corrected chi connectivity index (χ0v) is 13.3. The molecular formula is C14H17FN2O5S. The maximum Gasteiger partial charge on any atom is 0.308 e. The summed E-state index contributed by atoms with van der Waals surface area (Å²) in [6.45, 7) is 0.495. The Balaban J connectivity index is 2.22. The number of aliphatic carboxylic acids is 1. The van der Waals surface area contributed by atoms with E-state index in [2.05, 4.69) is 0 Å². The number of benzene rings is 1. The largest absolute Gasteiger partial charge is 0.481 e. The average molecular weight is 344 g/mol. The van der Waals surface area contributed by atoms with Crippen LogP contribution in [0, 0.1) is 11.7 Å². The summed E-state index contributed by atoms with van der Waals surface area (Å²) in [4.78, 5) is 24.9. The van der Waals surface area contributed by atoms with Crippen molar-refractivity contribution in [3.63, 3.8) is 0 Å². The van der Waals surface area contributed by atoms with Crippen LogP contribution >= 0.6 is 0 Å². The van der Waals surface area contributed by atoms with E-state index in [1.54, 1.807) is 0 Å². The number of nitrogens with zero attached hydrogens (tertiary/aromatic N) is 1. The number of sulfonamides is 1. The van der Waals surface area contributed by atoms with Crippen molar-refractivity contribution in [2.45, 2.75) is 12.8 Å². The molecule has 0 bridgehead atoms. The predicted molar refractivity (Wildman–Crippen MR) is 81.1 cm³/mol. The van der Waals surface area contributed by atoms with Gasteiger partial charge in [0.1, 0.15) is 5.82 Å². The number of rotatable bonds is 4. The van der Waals surface area contributed by atoms with Gasteiger partial charge in [-0.25, -0.2) is 12.8 Å². The van der Waals surface area contributed by atoms with Crippen LogP contribution < -0.4 is 4.72 Å². The first-order valence-electron chi connectivity index (χ1n) is 6.97. The van der Waals surface area contributed by atoms with Crippen molar-refractivity contribution < 1.29 is 27.5 Å². The molecule has 2 rings (SSSR count). The number of carbonyl (C=O) groups excluding carboxylic acids is 1. The number of amides is 1. The molecule has 0 aliphatic carbocycles. The minimum Gasteiger partial charge on any atom is -0.481 e. The first kappa shape index (κ1) is 17.2. The van der Waals surface area contributed by atoms with Crippen molar-refractivity contribution in [1.82, 2.24) is 4.90 Å². The van der Waals surface area contributed by atoms with E-state index in [4.69, 9.17) is 5.11 Å². The Morgan fingerprint density at radius 2 is 2.09 bits per heavy atom. The Kier molecular flexibility index (Phi) is 4.88. The van der Waals surface area contributed by atoms with Crippen LogP contribution in [0.2, 0.25) is 0 Å². The third-order valence-corrected chi connectivity index (χ3v) is 4.16. The summed E-state index contributed by atoms with van der Waals surface area (Å²) in [7, 11) is -3.68. The van der Waals surface area contributed by atoms with E-state index in [0.717, 1.165) is 18.4 Å². The summed E-state index contributed by atoms with van der Waals surface area (Å²) in [6, 6.07) is 3.36. The molecule has 1 atom stereocenters. The number of carboxylic acids is 1. The molecule has 7 nitrogen and oxygen atoms in total. The van der Waals surface area contributed by atoms with Gasteiger partial charge in [-0.15, -0.1) is 0 Å². The van der Waals surface area contributed by atoms with Gasteiger partial charge in [0.25, 0.3) is 5.91 Å². The Bertz CT molecular complexity index is 735. The molecule has 0 saturated carbocycles. The van der Waals surface area contributed by atoms with Gasteiger partial charge in [0, 0.05) is 18.7 Å². The second kappa shape index (κ2) is 6.53. The normalized spacial score (nSPS) is 18.5. The molecule has 126 valence electrons. The highest BCUT2D eigenvalue weighted by Gasteiger charge is 2.29. The number of anilines is 1. The highest BCUT2D eigenvalue weighted by molar-refractivity contribution is 7.92. The van der Waals surface area contributed by atoms with Crippen LogP contribution in [0.3, 0.4) is 0 Å². The van der Waals surface area contributed by atoms with Gasteiger partial charge in [0.2, 0.25) is 10.0 Å². The number of halogens is 1. The Morgan fingerprint density at radius 3 is 2.70 bits per heavy atom. The van der Waals surface area contributed by atoms with Crippen molar-refractivity contribution in [2.24, 2.45) is 5.92 Å². The van der Waals surface area contributed by atoms with Crippen LogP contribution in [0.15, 0.2) is 18.2 Å². The molecule has 1 fully saturated rings. The lowest BCUT2D eigenvalue weighted by molar-refractivity contribution is -0.143. The monoisotopic (exact) mass is 344 g/mol. The van der Waals surface area contributed by atoms with Gasteiger partial charge in [-0.1, -0.05) is 0 Å². The number of carbonyl (C=O) groups is 2. The van der Waals surface area contributed by atoms with Crippen LogP contribution in [-0.4, -0.2) is 49.6 Å². The number of piperidine rings is 1. The van der Waals surface area contributed by atoms with E-state index in [1.165, 1.54) is 11.0 Å². The van der Waals surface area contributed by atoms with Crippen molar-refractivity contribution in [3.05, 3.63) is 29.6 Å². The van der Waals surface area contributed by atoms with E-state index in [1.807, 2.05) is 4.72 Å². The van der Waals surface area contributed by atoms with E-state index in [9.17, 15) is 22.4 Å². The van der Waals surface area contributed by atoms with Crippen LogP contribution in [0.4, 0.5) is 10.1 Å². The predicted octanol–water partition coefficient (Wildman–Crippen LogP) is 1.13. The molecule has 0 radical (unpaired) electrons. The lowest BCUT2D eigenvalue weighted by Gasteiger charge is -2.30. The Labute approximate surface area is 133 Å². The Morgan fingerprint density at radius 1 is 1.39 bits per heavy atom. The van der Waals surface area contributed by atoms with Gasteiger partial charge in [0.15, 0.2) is 0 Å². The van der Waals surface area contributed by atoms with E-state index in [0.29, 0.717) is 19.4 Å². The molecule has 1 aliphatic heterocycles. The van der Waals surface area contributed by atoms with Crippen molar-refractivity contribution in [2.75, 3.05) is 24.1 Å². The van der Waals surface area contributed by atoms with E-state index in [-0.39, 0.29) is 17.8 Å². The first-order valence-corrected chi connectivity index (χ1v) is 8.86. The number of nitrogens with one attached hydrogen (secondary N) is 1. The SMILES string of the molecule is CS(=O)(=O)Nc1cc(C(=O)N2CCC[C@H](C(=O)O)C2)ccc1F. The Hall–Kier alpha value is -2.16. The maximum absolute atomic E-state index is 13.6. The molecule has 1 saturated heterocycles. The third-order valence-electron chi connectivity index (χ3n) is 3.57. The molecule has 1 aliphatic rings. The summed E-state index contributed by atoms with van der Waals surface area (Å²) in [5.74, 6) is -2.83. The molecular weight excluding hydrogens is 327 g/mol. The van der Waals surface area contributed by atoms with Gasteiger partial charge in [-0.3, -0.25) is 14.3 Å². The fourth-order valence-corrected chi connectivity index (χ4v) is 3.04. The molecule has 1 heterocycles. The summed E-state index contributed by atoms with van der Waals surface area (Å²) < 4.78 is 38.1. The zero-order chi connectivity index (χ0) is 17.2. The van der Waals surface area contributed by atoms with Crippen molar-refractivity contribution >= 4 is 27.6 Å². The lowest BCUT2D eigenvalue weighted by atomic mass is 9.97. The van der Waals surface area contributed by atoms with Gasteiger partial charge in [-0.05, 0) is 31.0 Å². The second-order valence-electron chi connectivity index (χ2n) is 5.50. The summed E-state index contributed by atoms with van der Waals surface area (Å²) in [5, 5.41) is 9.05. The van der Waals surface area contributed by atoms with Crippen LogP contribution in [0.5, 0.6) is 0 Å². The number of likely N-dealkylation sites (tertiary alicyclic amines) is 1. The lowest BCUT2D eigenvalue weighted by Crippen LogP contribution is -2.42. The number of carboxylic acid groups (broad SMARTS) is 1. The van der Waals surface area contributed by atoms with Crippen molar-refractivity contribution in [3.8, 4) is 0 Å². The van der Waals surface area contributed by atoms with Gasteiger partial charge in [0.05, 0.1) is 17.9 Å². The highest BCUT2D eigenvalue weighted by atomic mass is 32.2. The molecule has 1 amide bonds. The molecule has 23 heavy (non-hydrogen) atoms. The first-order chi connectivity index (χ1) is 10.7. The second-order valence-corrected chi connectivity index (χ2v) is 7.25. The van der Waals surface area contributed by atoms with Crippen LogP contribution in [0.25, 0.3) is 0 Å². The highest BCUT2D eigenvalue weighted by Crippen LogP contribution is 2.22. The topological polar surface area (TPSA) is 104 Å². The molecule has 2 N–H and O–H groups in total. The van der Waals surface area contributed by atoms with E-state index < -0.39 is 33.6 Å². The molecule has 1 aromatic rings. The molecule has 9 heteroatoms. The van der Waals surface area contributed by atoms with Gasteiger partial charge < -0.3 is 10.0 Å². The standard InChI is InChI=1S/C14H17FN2O5S/c1-23(21,22)16-12-7-9(4-5-11(12)15)13(18)17-6-2-3-10(8-17)14(19)20/h4-5,7,10,16H,2-3,6,8H2,1H3,(H,19,20)/t10-/m0/s1.